The summed E-state index contributed by atoms with van der Waals surface area (Å²) in [6.45, 7) is 0. The molecule has 0 unspecified atom stereocenters. The van der Waals surface area contributed by atoms with E-state index in [9.17, 15) is 0 Å². The van der Waals surface area contributed by atoms with Crippen molar-refractivity contribution in [2.75, 3.05) is 9.80 Å². The average Bonchev–Trinajstić information content (AvgIpc) is 3.62. The van der Waals surface area contributed by atoms with Crippen molar-refractivity contribution in [1.82, 2.24) is 0 Å². The molecule has 0 aliphatic rings. The first-order chi connectivity index (χ1) is 23.3. The molecule has 0 saturated carbocycles. The Morgan fingerprint density at radius 1 is 0.298 bits per heavy atom. The molecule has 0 spiro atoms. The summed E-state index contributed by atoms with van der Waals surface area (Å²) in [7, 11) is 0. The van der Waals surface area contributed by atoms with Crippen LogP contribution >= 0.6 is 0 Å². The van der Waals surface area contributed by atoms with E-state index in [1.165, 1.54) is 32.3 Å². The molecular weight excluding hydrogens is 572 g/mol. The lowest BCUT2D eigenvalue weighted by molar-refractivity contribution is 0.580. The molecule has 1 aromatic heterocycles. The van der Waals surface area contributed by atoms with Crippen LogP contribution in [0.2, 0.25) is 0 Å². The molecule has 0 N–H and O–H groups in total. The van der Waals surface area contributed by atoms with Crippen molar-refractivity contribution in [3.8, 4) is 0 Å². The van der Waals surface area contributed by atoms with Crippen molar-refractivity contribution >= 4 is 77.6 Å². The molecule has 0 radical (unpaired) electrons. The summed E-state index contributed by atoms with van der Waals surface area (Å²) in [5.74, 6) is 1.47. The lowest BCUT2D eigenvalue weighted by Crippen LogP contribution is -2.11. The topological polar surface area (TPSA) is 19.6 Å². The number of hydrogen-bond acceptors (Lipinski definition) is 3. The molecule has 9 aromatic rings. The average molecular weight is 603 g/mol. The Balaban J connectivity index is 1.28. The molecule has 0 amide bonds. The van der Waals surface area contributed by atoms with Gasteiger partial charge in [-0.3, -0.25) is 9.80 Å². The van der Waals surface area contributed by atoms with Crippen molar-refractivity contribution in [3.63, 3.8) is 0 Å². The largest absolute Gasteiger partial charge is 0.424 e. The number of benzene rings is 8. The van der Waals surface area contributed by atoms with E-state index in [2.05, 4.69) is 192 Å². The number of fused-ring (bicyclic) bond motifs is 6. The summed E-state index contributed by atoms with van der Waals surface area (Å²) >= 11 is 0. The monoisotopic (exact) mass is 602 g/mol. The van der Waals surface area contributed by atoms with Crippen LogP contribution in [0.1, 0.15) is 0 Å². The van der Waals surface area contributed by atoms with Crippen LogP contribution in [-0.2, 0) is 0 Å². The molecule has 222 valence electrons. The van der Waals surface area contributed by atoms with Gasteiger partial charge in [0.05, 0.1) is 11.4 Å². The fourth-order valence-corrected chi connectivity index (χ4v) is 6.92. The Morgan fingerprint density at radius 2 is 0.638 bits per heavy atom. The van der Waals surface area contributed by atoms with Crippen LogP contribution in [0.25, 0.3) is 43.1 Å². The maximum Gasteiger partial charge on any atom is 0.207 e. The van der Waals surface area contributed by atoms with E-state index in [4.69, 9.17) is 4.42 Å². The van der Waals surface area contributed by atoms with Crippen LogP contribution in [0.4, 0.5) is 34.5 Å². The van der Waals surface area contributed by atoms with Gasteiger partial charge in [0.15, 0.2) is 0 Å². The molecule has 47 heavy (non-hydrogen) atoms. The number of anilines is 6. The third kappa shape index (κ3) is 4.60. The van der Waals surface area contributed by atoms with Crippen molar-refractivity contribution in [3.05, 3.63) is 182 Å². The van der Waals surface area contributed by atoms with Crippen LogP contribution in [0, 0.1) is 0 Å². The van der Waals surface area contributed by atoms with Gasteiger partial charge in [-0.05, 0) is 68.7 Å². The number of hydrogen-bond donors (Lipinski definition) is 0. The third-order valence-corrected chi connectivity index (χ3v) is 9.02. The molecule has 1 heterocycles. The molecule has 9 rings (SSSR count). The normalized spacial score (nSPS) is 11.4. The second-order valence-electron chi connectivity index (χ2n) is 11.8. The second kappa shape index (κ2) is 11.2. The van der Waals surface area contributed by atoms with E-state index >= 15 is 0 Å². The maximum atomic E-state index is 7.00. The lowest BCUT2D eigenvalue weighted by Gasteiger charge is -2.27. The fourth-order valence-electron chi connectivity index (χ4n) is 6.92. The van der Waals surface area contributed by atoms with Gasteiger partial charge in [0.2, 0.25) is 11.8 Å². The van der Waals surface area contributed by atoms with Gasteiger partial charge in [-0.1, -0.05) is 133 Å². The van der Waals surface area contributed by atoms with E-state index in [0.29, 0.717) is 0 Å². The molecule has 0 saturated heterocycles. The third-order valence-electron chi connectivity index (χ3n) is 9.02. The van der Waals surface area contributed by atoms with E-state index in [0.717, 1.165) is 45.3 Å². The van der Waals surface area contributed by atoms with Gasteiger partial charge in [0.25, 0.3) is 0 Å². The molecule has 0 bridgehead atoms. The Morgan fingerprint density at radius 3 is 1.06 bits per heavy atom. The highest BCUT2D eigenvalue weighted by Gasteiger charge is 2.24. The SMILES string of the molecule is c1ccc(N(c2ccc(N(c3ccccc3)c3cc4ccccc4c4ccccc34)o2)c2cc3ccccc3c3ccccc23)cc1. The van der Waals surface area contributed by atoms with Gasteiger partial charge in [-0.2, -0.15) is 0 Å². The zero-order valence-corrected chi connectivity index (χ0v) is 25.6. The van der Waals surface area contributed by atoms with Gasteiger partial charge in [-0.15, -0.1) is 0 Å². The zero-order valence-electron chi connectivity index (χ0n) is 25.6. The zero-order chi connectivity index (χ0) is 31.2. The van der Waals surface area contributed by atoms with Crippen LogP contribution in [0.15, 0.2) is 186 Å². The van der Waals surface area contributed by atoms with Crippen molar-refractivity contribution in [2.24, 2.45) is 0 Å². The number of para-hydroxylation sites is 2. The summed E-state index contributed by atoms with van der Waals surface area (Å²) in [6.07, 6.45) is 0. The lowest BCUT2D eigenvalue weighted by atomic mass is 9.99. The highest BCUT2D eigenvalue weighted by molar-refractivity contribution is 6.15. The first-order valence-electron chi connectivity index (χ1n) is 15.9. The summed E-state index contributed by atoms with van der Waals surface area (Å²) < 4.78 is 7.00. The van der Waals surface area contributed by atoms with Gasteiger partial charge in [-0.25, -0.2) is 0 Å². The first kappa shape index (κ1) is 27.0. The van der Waals surface area contributed by atoms with Crippen molar-refractivity contribution in [1.29, 1.82) is 0 Å². The molecule has 0 fully saturated rings. The molecule has 8 aromatic carbocycles. The van der Waals surface area contributed by atoms with E-state index in [-0.39, 0.29) is 0 Å². The standard InChI is InChI=1S/C44H30N2O/c1-3-17-33(18-4-1)45(41-29-31-15-7-9-21-35(31)37-23-11-13-25-39(37)41)43-27-28-44(47-43)46(34-19-5-2-6-20-34)42-30-32-16-8-10-22-36(32)38-24-12-14-26-40(38)42/h1-30H. The van der Waals surface area contributed by atoms with Gasteiger partial charge >= 0.3 is 0 Å². The van der Waals surface area contributed by atoms with Crippen LogP contribution in [0.5, 0.6) is 0 Å². The minimum atomic E-state index is 0.734. The number of rotatable bonds is 6. The molecule has 0 atom stereocenters. The predicted octanol–water partition coefficient (Wildman–Crippen LogP) is 12.8. The quantitative estimate of drug-likeness (QED) is 0.177. The maximum absolute atomic E-state index is 7.00. The molecule has 0 aliphatic carbocycles. The summed E-state index contributed by atoms with van der Waals surface area (Å²) in [4.78, 5) is 4.47. The van der Waals surface area contributed by atoms with Crippen LogP contribution < -0.4 is 9.80 Å². The Kier molecular flexibility index (Phi) is 6.46. The Hall–Kier alpha value is -6.32. The van der Waals surface area contributed by atoms with Crippen LogP contribution in [0.3, 0.4) is 0 Å². The van der Waals surface area contributed by atoms with E-state index in [1.54, 1.807) is 0 Å². The number of nitrogens with zero attached hydrogens (tertiary/aromatic N) is 2. The van der Waals surface area contributed by atoms with Crippen molar-refractivity contribution < 1.29 is 4.42 Å². The fraction of sp³-hybridized carbons (Fsp3) is 0. The van der Waals surface area contributed by atoms with E-state index in [1.807, 2.05) is 0 Å². The predicted molar refractivity (Wildman–Crippen MR) is 198 cm³/mol. The highest BCUT2D eigenvalue weighted by Crippen LogP contribution is 2.47. The summed E-state index contributed by atoms with van der Waals surface area (Å²) in [6, 6.07) is 64.1. The van der Waals surface area contributed by atoms with E-state index < -0.39 is 0 Å². The van der Waals surface area contributed by atoms with Gasteiger partial charge < -0.3 is 4.42 Å². The van der Waals surface area contributed by atoms with Gasteiger partial charge in [0, 0.05) is 34.3 Å². The number of furan rings is 1. The smallest absolute Gasteiger partial charge is 0.207 e. The minimum absolute atomic E-state index is 0.734. The summed E-state index contributed by atoms with van der Waals surface area (Å²) in [5.41, 5.74) is 4.18. The first-order valence-corrected chi connectivity index (χ1v) is 15.9. The highest BCUT2D eigenvalue weighted by atomic mass is 16.4. The molecule has 0 aliphatic heterocycles. The van der Waals surface area contributed by atoms with Crippen molar-refractivity contribution in [2.45, 2.75) is 0 Å². The molecule has 3 nitrogen and oxygen atoms in total. The molecule has 3 heteroatoms. The van der Waals surface area contributed by atoms with Gasteiger partial charge in [0.1, 0.15) is 0 Å². The Bertz CT molecular complexity index is 2360. The molecular formula is C44H30N2O. The second-order valence-corrected chi connectivity index (χ2v) is 11.8. The minimum Gasteiger partial charge on any atom is -0.424 e. The Labute approximate surface area is 273 Å². The summed E-state index contributed by atoms with van der Waals surface area (Å²) in [5, 5.41) is 9.58. The van der Waals surface area contributed by atoms with Crippen LogP contribution in [-0.4, -0.2) is 0 Å².